The Kier molecular flexibility index (Phi) is 6.71. The van der Waals surface area contributed by atoms with E-state index in [1.54, 1.807) is 12.1 Å². The van der Waals surface area contributed by atoms with Crippen molar-refractivity contribution in [2.45, 2.75) is 39.5 Å². The molecule has 1 aromatic carbocycles. The van der Waals surface area contributed by atoms with Gasteiger partial charge in [-0.1, -0.05) is 25.4 Å². The Morgan fingerprint density at radius 1 is 1.36 bits per heavy atom. The smallest absolute Gasteiger partial charge is 0.164 e. The van der Waals surface area contributed by atoms with E-state index >= 15 is 0 Å². The number of likely N-dealkylation sites (tertiary alicyclic amines) is 1. The third kappa shape index (κ3) is 4.99. The number of Topliss-reactive ketones (excluding diaryl/α,β-unsaturated/α-hetero) is 1. The van der Waals surface area contributed by atoms with Gasteiger partial charge in [0.25, 0.3) is 0 Å². The van der Waals surface area contributed by atoms with Gasteiger partial charge in [-0.25, -0.2) is 0 Å². The number of carbonyl (C=O) groups excluding carboxylic acids is 1. The Bertz CT molecular complexity index is 496. The minimum absolute atomic E-state index is 0.155. The van der Waals surface area contributed by atoms with Gasteiger partial charge in [0, 0.05) is 18.5 Å². The summed E-state index contributed by atoms with van der Waals surface area (Å²) in [4.78, 5) is 14.7. The summed E-state index contributed by atoms with van der Waals surface area (Å²) in [6.07, 6.45) is 3.97. The van der Waals surface area contributed by atoms with Gasteiger partial charge in [-0.15, -0.1) is 0 Å². The zero-order valence-electron chi connectivity index (χ0n) is 13.6. The minimum atomic E-state index is 0.155. The molecule has 0 atom stereocenters. The van der Waals surface area contributed by atoms with Gasteiger partial charge in [-0.3, -0.25) is 4.79 Å². The molecule has 1 aliphatic rings. The molecule has 1 aliphatic heterocycles. The van der Waals surface area contributed by atoms with Gasteiger partial charge in [0.15, 0.2) is 5.78 Å². The van der Waals surface area contributed by atoms with Gasteiger partial charge in [0.1, 0.15) is 5.75 Å². The van der Waals surface area contributed by atoms with Crippen LogP contribution in [0.1, 0.15) is 49.9 Å². The van der Waals surface area contributed by atoms with Crippen molar-refractivity contribution in [3.63, 3.8) is 0 Å². The molecule has 0 bridgehead atoms. The molecule has 0 amide bonds. The SMILES string of the molecule is CCCOc1ccc(C(=O)CCN2CCC(C)CC2)cc1Cl. The standard InChI is InChI=1S/C18H26ClNO2/c1-3-12-22-18-5-4-15(13-16(18)19)17(21)8-11-20-9-6-14(2)7-10-20/h4-5,13-14H,3,6-12H2,1-2H3. The Morgan fingerprint density at radius 3 is 2.73 bits per heavy atom. The summed E-state index contributed by atoms with van der Waals surface area (Å²) in [5.41, 5.74) is 0.680. The van der Waals surface area contributed by atoms with E-state index in [-0.39, 0.29) is 5.78 Å². The summed E-state index contributed by atoms with van der Waals surface area (Å²) >= 11 is 6.19. The first-order valence-corrected chi connectivity index (χ1v) is 8.66. The summed E-state index contributed by atoms with van der Waals surface area (Å²) in [5, 5.41) is 0.520. The average molecular weight is 324 g/mol. The lowest BCUT2D eigenvalue weighted by molar-refractivity contribution is 0.0953. The summed E-state index contributed by atoms with van der Waals surface area (Å²) in [5.74, 6) is 1.63. The maximum atomic E-state index is 12.3. The first-order chi connectivity index (χ1) is 10.6. The zero-order chi connectivity index (χ0) is 15.9. The number of rotatable bonds is 7. The van der Waals surface area contributed by atoms with E-state index in [0.29, 0.717) is 29.4 Å². The predicted molar refractivity (Wildman–Crippen MR) is 91.0 cm³/mol. The van der Waals surface area contributed by atoms with Gasteiger partial charge >= 0.3 is 0 Å². The van der Waals surface area contributed by atoms with E-state index in [1.807, 2.05) is 13.0 Å². The maximum absolute atomic E-state index is 12.3. The van der Waals surface area contributed by atoms with Crippen LogP contribution in [-0.2, 0) is 0 Å². The Balaban J connectivity index is 1.85. The van der Waals surface area contributed by atoms with Crippen LogP contribution >= 0.6 is 11.6 Å². The molecule has 1 saturated heterocycles. The highest BCUT2D eigenvalue weighted by Gasteiger charge is 2.17. The summed E-state index contributed by atoms with van der Waals surface area (Å²) in [6.45, 7) is 8.05. The van der Waals surface area contributed by atoms with Crippen LogP contribution in [0.25, 0.3) is 0 Å². The van der Waals surface area contributed by atoms with E-state index in [0.717, 1.165) is 32.0 Å². The number of hydrogen-bond donors (Lipinski definition) is 0. The van der Waals surface area contributed by atoms with Crippen molar-refractivity contribution in [3.05, 3.63) is 28.8 Å². The van der Waals surface area contributed by atoms with Gasteiger partial charge in [-0.05, 0) is 56.5 Å². The molecular weight excluding hydrogens is 298 g/mol. The van der Waals surface area contributed by atoms with Crippen LogP contribution < -0.4 is 4.74 Å². The lowest BCUT2D eigenvalue weighted by atomic mass is 9.99. The largest absolute Gasteiger partial charge is 0.492 e. The third-order valence-electron chi connectivity index (χ3n) is 4.25. The molecular formula is C18H26ClNO2. The molecule has 1 fully saturated rings. The molecule has 0 aromatic heterocycles. The van der Waals surface area contributed by atoms with E-state index < -0.39 is 0 Å². The normalized spacial score (nSPS) is 16.7. The van der Waals surface area contributed by atoms with Crippen LogP contribution in [0.5, 0.6) is 5.75 Å². The molecule has 0 spiro atoms. The van der Waals surface area contributed by atoms with Crippen LogP contribution in [0.2, 0.25) is 5.02 Å². The number of nitrogens with zero attached hydrogens (tertiary/aromatic N) is 1. The molecule has 1 aromatic rings. The van der Waals surface area contributed by atoms with Crippen LogP contribution in [0.4, 0.5) is 0 Å². The topological polar surface area (TPSA) is 29.5 Å². The molecule has 0 radical (unpaired) electrons. The number of ether oxygens (including phenoxy) is 1. The van der Waals surface area contributed by atoms with E-state index in [9.17, 15) is 4.79 Å². The first-order valence-electron chi connectivity index (χ1n) is 8.28. The molecule has 1 heterocycles. The highest BCUT2D eigenvalue weighted by atomic mass is 35.5. The monoisotopic (exact) mass is 323 g/mol. The highest BCUT2D eigenvalue weighted by Crippen LogP contribution is 2.26. The molecule has 22 heavy (non-hydrogen) atoms. The fourth-order valence-electron chi connectivity index (χ4n) is 2.69. The summed E-state index contributed by atoms with van der Waals surface area (Å²) < 4.78 is 5.53. The van der Waals surface area contributed by atoms with Gasteiger partial charge < -0.3 is 9.64 Å². The van der Waals surface area contributed by atoms with E-state index in [2.05, 4.69) is 11.8 Å². The fraction of sp³-hybridized carbons (Fsp3) is 0.611. The lowest BCUT2D eigenvalue weighted by Crippen LogP contribution is -2.34. The summed E-state index contributed by atoms with van der Waals surface area (Å²) in [6, 6.07) is 5.35. The molecule has 122 valence electrons. The number of hydrogen-bond acceptors (Lipinski definition) is 3. The van der Waals surface area contributed by atoms with Gasteiger partial charge in [-0.2, -0.15) is 0 Å². The molecule has 0 N–H and O–H groups in total. The van der Waals surface area contributed by atoms with Crippen LogP contribution in [-0.4, -0.2) is 36.9 Å². The van der Waals surface area contributed by atoms with Crippen molar-refractivity contribution >= 4 is 17.4 Å². The zero-order valence-corrected chi connectivity index (χ0v) is 14.4. The maximum Gasteiger partial charge on any atom is 0.164 e. The predicted octanol–water partition coefficient (Wildman–Crippen LogP) is 4.43. The Hall–Kier alpha value is -1.06. The summed E-state index contributed by atoms with van der Waals surface area (Å²) in [7, 11) is 0. The quantitative estimate of drug-likeness (QED) is 0.695. The van der Waals surface area contributed by atoms with Crippen molar-refractivity contribution in [1.82, 2.24) is 4.90 Å². The molecule has 0 saturated carbocycles. The van der Waals surface area contributed by atoms with Crippen LogP contribution in [0.3, 0.4) is 0 Å². The lowest BCUT2D eigenvalue weighted by Gasteiger charge is -2.29. The fourth-order valence-corrected chi connectivity index (χ4v) is 2.93. The first kappa shape index (κ1) is 17.3. The second-order valence-corrected chi connectivity index (χ2v) is 6.60. The Morgan fingerprint density at radius 2 is 2.09 bits per heavy atom. The van der Waals surface area contributed by atoms with Crippen molar-refractivity contribution < 1.29 is 9.53 Å². The van der Waals surface area contributed by atoms with Crippen molar-refractivity contribution in [3.8, 4) is 5.75 Å². The Labute approximate surface area is 138 Å². The number of halogens is 1. The van der Waals surface area contributed by atoms with Crippen LogP contribution in [0, 0.1) is 5.92 Å². The molecule has 4 heteroatoms. The molecule has 3 nitrogen and oxygen atoms in total. The molecule has 2 rings (SSSR count). The van der Waals surface area contributed by atoms with Gasteiger partial charge in [0.05, 0.1) is 11.6 Å². The van der Waals surface area contributed by atoms with E-state index in [1.165, 1.54) is 12.8 Å². The third-order valence-corrected chi connectivity index (χ3v) is 4.54. The second kappa shape index (κ2) is 8.54. The van der Waals surface area contributed by atoms with Crippen LogP contribution in [0.15, 0.2) is 18.2 Å². The highest BCUT2D eigenvalue weighted by molar-refractivity contribution is 6.32. The number of carbonyl (C=O) groups is 1. The minimum Gasteiger partial charge on any atom is -0.492 e. The van der Waals surface area contributed by atoms with Crippen molar-refractivity contribution in [2.75, 3.05) is 26.2 Å². The number of piperidine rings is 1. The van der Waals surface area contributed by atoms with Crippen molar-refractivity contribution in [1.29, 1.82) is 0 Å². The van der Waals surface area contributed by atoms with Gasteiger partial charge in [0.2, 0.25) is 0 Å². The average Bonchev–Trinajstić information content (AvgIpc) is 2.53. The number of ketones is 1. The second-order valence-electron chi connectivity index (χ2n) is 6.19. The number of benzene rings is 1. The van der Waals surface area contributed by atoms with E-state index in [4.69, 9.17) is 16.3 Å². The van der Waals surface area contributed by atoms with Crippen molar-refractivity contribution in [2.24, 2.45) is 5.92 Å². The molecule has 0 unspecified atom stereocenters. The molecule has 0 aliphatic carbocycles.